The van der Waals surface area contributed by atoms with Crippen LogP contribution in [0.3, 0.4) is 0 Å². The molecule has 5 aromatic rings. The molecule has 0 fully saturated rings. The normalized spacial score (nSPS) is 14.4. The summed E-state index contributed by atoms with van der Waals surface area (Å²) in [7, 11) is 0. The van der Waals surface area contributed by atoms with Crippen LogP contribution in [-0.2, 0) is 19.5 Å². The third kappa shape index (κ3) is 4.61. The van der Waals surface area contributed by atoms with Crippen LogP contribution < -0.4 is 5.32 Å². The molecule has 0 saturated carbocycles. The molecule has 0 radical (unpaired) electrons. The standard InChI is InChI=1S/C32H30FN5O/c1-3-28-27-21-37(32(39)34-20-23-16-14-22(2)15-17-23)30(24-9-7-10-25(33)19-24)29-13-8-18-36(29)31(27)38(35-28)26-11-5-4-6-12-26/h4-19,30H,3,20-21H2,1-2H3,(H,34,39)/t30-/m1/s1. The maximum atomic E-state index is 14.5. The first-order valence-corrected chi connectivity index (χ1v) is 13.2. The molecule has 6 rings (SSSR count). The van der Waals surface area contributed by atoms with Gasteiger partial charge in [-0.3, -0.25) is 0 Å². The number of carbonyl (C=O) groups excluding carboxylic acids is 1. The molecule has 196 valence electrons. The van der Waals surface area contributed by atoms with E-state index in [2.05, 4.69) is 16.8 Å². The number of fused-ring (bicyclic) bond motifs is 3. The van der Waals surface area contributed by atoms with E-state index in [-0.39, 0.29) is 11.8 Å². The fraction of sp³-hybridized carbons (Fsp3) is 0.188. The van der Waals surface area contributed by atoms with E-state index in [1.807, 2.05) is 90.6 Å². The Bertz CT molecular complexity index is 1620. The lowest BCUT2D eigenvalue weighted by Gasteiger charge is -2.31. The van der Waals surface area contributed by atoms with E-state index in [1.165, 1.54) is 17.7 Å². The van der Waals surface area contributed by atoms with Gasteiger partial charge in [0.25, 0.3) is 0 Å². The number of halogens is 1. The van der Waals surface area contributed by atoms with Gasteiger partial charge in [-0.05, 0) is 60.9 Å². The Morgan fingerprint density at radius 2 is 1.79 bits per heavy atom. The molecular formula is C32H30FN5O. The number of aryl methyl sites for hydroxylation is 2. The summed E-state index contributed by atoms with van der Waals surface area (Å²) in [5.74, 6) is 0.561. The molecule has 0 spiro atoms. The molecule has 7 heteroatoms. The second-order valence-electron chi connectivity index (χ2n) is 9.88. The lowest BCUT2D eigenvalue weighted by Crippen LogP contribution is -2.41. The van der Waals surface area contributed by atoms with Gasteiger partial charge in [0.1, 0.15) is 11.6 Å². The van der Waals surface area contributed by atoms with Crippen molar-refractivity contribution in [3.8, 4) is 11.5 Å². The van der Waals surface area contributed by atoms with Crippen LogP contribution in [0.5, 0.6) is 0 Å². The number of para-hydroxylation sites is 1. The molecule has 0 bridgehead atoms. The quantitative estimate of drug-likeness (QED) is 0.289. The van der Waals surface area contributed by atoms with Gasteiger partial charge in [0.15, 0.2) is 0 Å². The second kappa shape index (κ2) is 10.3. The van der Waals surface area contributed by atoms with Crippen LogP contribution in [-0.4, -0.2) is 25.3 Å². The molecule has 2 aromatic heterocycles. The van der Waals surface area contributed by atoms with Gasteiger partial charge in [0.05, 0.1) is 29.7 Å². The van der Waals surface area contributed by atoms with Crippen molar-refractivity contribution in [2.75, 3.05) is 0 Å². The van der Waals surface area contributed by atoms with Crippen molar-refractivity contribution in [2.45, 2.75) is 39.4 Å². The summed E-state index contributed by atoms with van der Waals surface area (Å²) in [6, 6.07) is 27.9. The van der Waals surface area contributed by atoms with Crippen LogP contribution in [0.1, 0.15) is 46.6 Å². The number of benzene rings is 3. The highest BCUT2D eigenvalue weighted by molar-refractivity contribution is 5.76. The number of aromatic nitrogens is 3. The molecule has 6 nitrogen and oxygen atoms in total. The Balaban J connectivity index is 1.49. The van der Waals surface area contributed by atoms with Gasteiger partial charge in [-0.15, -0.1) is 0 Å². The average molecular weight is 520 g/mol. The van der Waals surface area contributed by atoms with Gasteiger partial charge in [-0.25, -0.2) is 13.9 Å². The van der Waals surface area contributed by atoms with Gasteiger partial charge in [-0.2, -0.15) is 5.10 Å². The van der Waals surface area contributed by atoms with Crippen molar-refractivity contribution in [1.82, 2.24) is 24.6 Å². The molecule has 39 heavy (non-hydrogen) atoms. The molecule has 0 saturated heterocycles. The molecule has 1 atom stereocenters. The lowest BCUT2D eigenvalue weighted by molar-refractivity contribution is 0.180. The highest BCUT2D eigenvalue weighted by Gasteiger charge is 2.36. The molecular weight excluding hydrogens is 489 g/mol. The fourth-order valence-electron chi connectivity index (χ4n) is 5.36. The molecule has 0 unspecified atom stereocenters. The minimum Gasteiger partial charge on any atom is -0.334 e. The van der Waals surface area contributed by atoms with E-state index >= 15 is 0 Å². The molecule has 2 amide bonds. The van der Waals surface area contributed by atoms with E-state index in [0.29, 0.717) is 25.1 Å². The van der Waals surface area contributed by atoms with Gasteiger partial charge >= 0.3 is 6.03 Å². The van der Waals surface area contributed by atoms with Crippen molar-refractivity contribution in [3.63, 3.8) is 0 Å². The fourth-order valence-corrected chi connectivity index (χ4v) is 5.36. The maximum Gasteiger partial charge on any atom is 0.318 e. The molecule has 1 aliphatic rings. The SMILES string of the molecule is CCc1nn(-c2ccccc2)c2c1CN(C(=O)NCc1ccc(C)cc1)[C@H](c1cccc(F)c1)c1cccn1-2. The zero-order valence-electron chi connectivity index (χ0n) is 22.0. The third-order valence-electron chi connectivity index (χ3n) is 7.29. The Morgan fingerprint density at radius 1 is 1.00 bits per heavy atom. The first-order chi connectivity index (χ1) is 19.0. The first kappa shape index (κ1) is 24.7. The lowest BCUT2D eigenvalue weighted by atomic mass is 10.0. The molecule has 0 aliphatic carbocycles. The zero-order chi connectivity index (χ0) is 26.9. The minimum absolute atomic E-state index is 0.222. The topological polar surface area (TPSA) is 55.1 Å². The van der Waals surface area contributed by atoms with E-state index < -0.39 is 6.04 Å². The van der Waals surface area contributed by atoms with Crippen molar-refractivity contribution < 1.29 is 9.18 Å². The van der Waals surface area contributed by atoms with Gasteiger partial charge in [-0.1, -0.05) is 67.1 Å². The van der Waals surface area contributed by atoms with Crippen LogP contribution >= 0.6 is 0 Å². The number of nitrogens with zero attached hydrogens (tertiary/aromatic N) is 4. The summed E-state index contributed by atoms with van der Waals surface area (Å²) in [5, 5.41) is 8.10. The molecule has 1 N–H and O–H groups in total. The number of hydrogen-bond donors (Lipinski definition) is 1. The van der Waals surface area contributed by atoms with Gasteiger partial charge in [0, 0.05) is 18.3 Å². The maximum absolute atomic E-state index is 14.5. The predicted molar refractivity (Wildman–Crippen MR) is 149 cm³/mol. The van der Waals surface area contributed by atoms with E-state index in [9.17, 15) is 9.18 Å². The summed E-state index contributed by atoms with van der Waals surface area (Å²) in [4.78, 5) is 15.8. The predicted octanol–water partition coefficient (Wildman–Crippen LogP) is 6.49. The Kier molecular flexibility index (Phi) is 6.49. The van der Waals surface area contributed by atoms with Crippen molar-refractivity contribution in [1.29, 1.82) is 0 Å². The molecule has 3 heterocycles. The number of amides is 2. The molecule has 1 aliphatic heterocycles. The van der Waals surface area contributed by atoms with Crippen LogP contribution in [0, 0.1) is 12.7 Å². The van der Waals surface area contributed by atoms with E-state index in [1.54, 1.807) is 11.0 Å². The Labute approximate surface area is 227 Å². The molecule has 3 aromatic carbocycles. The van der Waals surface area contributed by atoms with Crippen molar-refractivity contribution in [2.24, 2.45) is 0 Å². The number of nitrogens with one attached hydrogen (secondary N) is 1. The number of rotatable bonds is 5. The summed E-state index contributed by atoms with van der Waals surface area (Å²) in [5.41, 5.74) is 6.59. The van der Waals surface area contributed by atoms with Crippen LogP contribution in [0.25, 0.3) is 11.5 Å². The van der Waals surface area contributed by atoms with Crippen LogP contribution in [0.15, 0.2) is 97.2 Å². The summed E-state index contributed by atoms with van der Waals surface area (Å²) < 4.78 is 18.6. The highest BCUT2D eigenvalue weighted by Crippen LogP contribution is 2.38. The van der Waals surface area contributed by atoms with E-state index in [0.717, 1.165) is 34.0 Å². The number of carbonyl (C=O) groups is 1. The Hall–Kier alpha value is -4.65. The summed E-state index contributed by atoms with van der Waals surface area (Å²) >= 11 is 0. The number of urea groups is 1. The number of hydrogen-bond acceptors (Lipinski definition) is 2. The monoisotopic (exact) mass is 519 g/mol. The highest BCUT2D eigenvalue weighted by atomic mass is 19.1. The third-order valence-corrected chi connectivity index (χ3v) is 7.29. The average Bonchev–Trinajstić information content (AvgIpc) is 3.54. The van der Waals surface area contributed by atoms with Crippen LogP contribution in [0.2, 0.25) is 0 Å². The van der Waals surface area contributed by atoms with Crippen LogP contribution in [0.4, 0.5) is 9.18 Å². The zero-order valence-corrected chi connectivity index (χ0v) is 22.0. The minimum atomic E-state index is -0.505. The summed E-state index contributed by atoms with van der Waals surface area (Å²) in [6.45, 7) is 4.83. The largest absolute Gasteiger partial charge is 0.334 e. The van der Waals surface area contributed by atoms with Crippen molar-refractivity contribution in [3.05, 3.63) is 137 Å². The van der Waals surface area contributed by atoms with Gasteiger partial charge < -0.3 is 14.8 Å². The summed E-state index contributed by atoms with van der Waals surface area (Å²) in [6.07, 6.45) is 2.71. The first-order valence-electron chi connectivity index (χ1n) is 13.2. The van der Waals surface area contributed by atoms with Crippen molar-refractivity contribution >= 4 is 6.03 Å². The van der Waals surface area contributed by atoms with E-state index in [4.69, 9.17) is 5.10 Å². The van der Waals surface area contributed by atoms with Gasteiger partial charge in [0.2, 0.25) is 0 Å². The Morgan fingerprint density at radius 3 is 2.54 bits per heavy atom. The smallest absolute Gasteiger partial charge is 0.318 e. The second-order valence-corrected chi connectivity index (χ2v) is 9.88.